The van der Waals surface area contributed by atoms with Crippen molar-refractivity contribution in [1.29, 1.82) is 0 Å². The molecule has 0 unspecified atom stereocenters. The SMILES string of the molecule is O=C(CCCCCCCC(=O)N/N=C\c1ccccc1C(=O)O)N/N=C\c1ccccc1C(=O)O. The van der Waals surface area contributed by atoms with Gasteiger partial charge < -0.3 is 10.2 Å². The van der Waals surface area contributed by atoms with Crippen LogP contribution >= 0.6 is 0 Å². The number of hydrazone groups is 2. The van der Waals surface area contributed by atoms with E-state index in [0.717, 1.165) is 19.3 Å². The Hall–Kier alpha value is -4.34. The van der Waals surface area contributed by atoms with E-state index in [1.807, 2.05) is 0 Å². The van der Waals surface area contributed by atoms with Crippen molar-refractivity contribution in [3.05, 3.63) is 70.8 Å². The number of nitrogens with zero attached hydrogens (tertiary/aromatic N) is 2. The molecule has 0 aliphatic carbocycles. The maximum Gasteiger partial charge on any atom is 0.336 e. The highest BCUT2D eigenvalue weighted by molar-refractivity contribution is 5.99. The monoisotopic (exact) mass is 480 g/mol. The number of nitrogens with one attached hydrogen (secondary N) is 2. The first-order chi connectivity index (χ1) is 16.9. The number of rotatable bonds is 14. The van der Waals surface area contributed by atoms with Crippen LogP contribution in [0.2, 0.25) is 0 Å². The maximum atomic E-state index is 11.9. The largest absolute Gasteiger partial charge is 0.478 e. The van der Waals surface area contributed by atoms with Crippen LogP contribution in [0.25, 0.3) is 0 Å². The van der Waals surface area contributed by atoms with Crippen LogP contribution in [0.1, 0.15) is 76.8 Å². The van der Waals surface area contributed by atoms with Crippen LogP contribution in [0, 0.1) is 0 Å². The number of benzene rings is 2. The number of hydrogen-bond acceptors (Lipinski definition) is 6. The van der Waals surface area contributed by atoms with E-state index >= 15 is 0 Å². The Labute approximate surface area is 202 Å². The highest BCUT2D eigenvalue weighted by atomic mass is 16.4. The Morgan fingerprint density at radius 1 is 0.629 bits per heavy atom. The first kappa shape index (κ1) is 26.9. The molecule has 10 nitrogen and oxygen atoms in total. The summed E-state index contributed by atoms with van der Waals surface area (Å²) in [5.74, 6) is -2.64. The number of unbranched alkanes of at least 4 members (excludes halogenated alkanes) is 4. The summed E-state index contributed by atoms with van der Waals surface area (Å²) in [5.41, 5.74) is 5.81. The van der Waals surface area contributed by atoms with Crippen LogP contribution in [0.3, 0.4) is 0 Å². The average molecular weight is 481 g/mol. The molecule has 0 aliphatic heterocycles. The zero-order valence-electron chi connectivity index (χ0n) is 19.1. The molecule has 0 aliphatic rings. The molecule has 0 saturated heterocycles. The lowest BCUT2D eigenvalue weighted by Crippen LogP contribution is -2.17. The van der Waals surface area contributed by atoms with Gasteiger partial charge in [0.25, 0.3) is 0 Å². The van der Waals surface area contributed by atoms with Crippen LogP contribution in [0.4, 0.5) is 0 Å². The molecule has 2 aromatic rings. The summed E-state index contributed by atoms with van der Waals surface area (Å²) in [6.07, 6.45) is 7.07. The summed E-state index contributed by atoms with van der Waals surface area (Å²) < 4.78 is 0. The molecule has 2 amide bonds. The average Bonchev–Trinajstić information content (AvgIpc) is 2.84. The molecule has 0 saturated carbocycles. The van der Waals surface area contributed by atoms with E-state index in [-0.39, 0.29) is 22.9 Å². The summed E-state index contributed by atoms with van der Waals surface area (Å²) in [4.78, 5) is 46.0. The topological polar surface area (TPSA) is 158 Å². The molecule has 0 aromatic heterocycles. The minimum atomic E-state index is -1.06. The molecular formula is C25H28N4O6. The minimum absolute atomic E-state index is 0.106. The lowest BCUT2D eigenvalue weighted by molar-refractivity contribution is -0.121. The van der Waals surface area contributed by atoms with Crippen molar-refractivity contribution < 1.29 is 29.4 Å². The highest BCUT2D eigenvalue weighted by Crippen LogP contribution is 2.09. The second-order valence-corrected chi connectivity index (χ2v) is 7.64. The van der Waals surface area contributed by atoms with Crippen molar-refractivity contribution in [2.45, 2.75) is 44.9 Å². The lowest BCUT2D eigenvalue weighted by atomic mass is 10.1. The fraction of sp³-hybridized carbons (Fsp3) is 0.280. The summed E-state index contributed by atoms with van der Waals surface area (Å²) in [6, 6.07) is 12.7. The van der Waals surface area contributed by atoms with Gasteiger partial charge in [-0.25, -0.2) is 20.4 Å². The Bertz CT molecular complexity index is 1010. The fourth-order valence-corrected chi connectivity index (χ4v) is 3.17. The van der Waals surface area contributed by atoms with E-state index in [1.165, 1.54) is 24.6 Å². The van der Waals surface area contributed by atoms with E-state index in [4.69, 9.17) is 10.2 Å². The zero-order valence-corrected chi connectivity index (χ0v) is 19.1. The highest BCUT2D eigenvalue weighted by Gasteiger charge is 2.08. The third-order valence-electron chi connectivity index (χ3n) is 4.98. The minimum Gasteiger partial charge on any atom is -0.478 e. The van der Waals surface area contributed by atoms with E-state index in [9.17, 15) is 19.2 Å². The Morgan fingerprint density at radius 2 is 1.00 bits per heavy atom. The van der Waals surface area contributed by atoms with Crippen molar-refractivity contribution in [3.63, 3.8) is 0 Å². The van der Waals surface area contributed by atoms with Crippen molar-refractivity contribution in [3.8, 4) is 0 Å². The molecule has 2 aromatic carbocycles. The van der Waals surface area contributed by atoms with Crippen LogP contribution in [0.5, 0.6) is 0 Å². The van der Waals surface area contributed by atoms with Gasteiger partial charge in [0.05, 0.1) is 23.6 Å². The zero-order chi connectivity index (χ0) is 25.5. The standard InChI is InChI=1S/C25H28N4O6/c30-22(28-26-16-18-10-6-8-12-20(18)24(32)33)14-4-2-1-3-5-15-23(31)29-27-17-19-11-7-9-13-21(19)25(34)35/h6-13,16-17H,1-5,14-15H2,(H,28,30)(H,29,31)(H,32,33)(H,34,35)/b26-16-,27-17-. The fourth-order valence-electron chi connectivity index (χ4n) is 3.17. The number of aromatic carboxylic acids is 2. The molecule has 0 fully saturated rings. The van der Waals surface area contributed by atoms with E-state index < -0.39 is 11.9 Å². The predicted octanol–water partition coefficient (Wildman–Crippen LogP) is 3.41. The van der Waals surface area contributed by atoms with Crippen LogP contribution in [0.15, 0.2) is 58.7 Å². The molecule has 4 N–H and O–H groups in total. The van der Waals surface area contributed by atoms with Crippen LogP contribution in [-0.2, 0) is 9.59 Å². The normalized spacial score (nSPS) is 11.0. The smallest absolute Gasteiger partial charge is 0.336 e. The van der Waals surface area contributed by atoms with Gasteiger partial charge in [-0.15, -0.1) is 0 Å². The number of amides is 2. The van der Waals surface area contributed by atoms with Gasteiger partial charge in [0, 0.05) is 24.0 Å². The van der Waals surface area contributed by atoms with Gasteiger partial charge in [0.15, 0.2) is 0 Å². The lowest BCUT2D eigenvalue weighted by Gasteiger charge is -2.03. The van der Waals surface area contributed by atoms with Crippen molar-refractivity contribution in [2.75, 3.05) is 0 Å². The van der Waals surface area contributed by atoms with Gasteiger partial charge in [-0.05, 0) is 25.0 Å². The van der Waals surface area contributed by atoms with Crippen molar-refractivity contribution >= 4 is 36.2 Å². The second kappa shape index (κ2) is 14.7. The number of carboxylic acids is 2. The van der Waals surface area contributed by atoms with Gasteiger partial charge in [-0.2, -0.15) is 10.2 Å². The Kier molecular flexibility index (Phi) is 11.3. The third kappa shape index (κ3) is 9.99. The van der Waals surface area contributed by atoms with Crippen molar-refractivity contribution in [1.82, 2.24) is 10.9 Å². The van der Waals surface area contributed by atoms with Gasteiger partial charge in [-0.1, -0.05) is 55.7 Å². The molecule has 0 radical (unpaired) electrons. The molecule has 10 heteroatoms. The van der Waals surface area contributed by atoms with Gasteiger partial charge in [-0.3, -0.25) is 9.59 Å². The van der Waals surface area contributed by atoms with Crippen LogP contribution < -0.4 is 10.9 Å². The van der Waals surface area contributed by atoms with E-state index in [0.29, 0.717) is 36.8 Å². The number of hydrogen-bond donors (Lipinski definition) is 4. The molecule has 0 bridgehead atoms. The summed E-state index contributed by atoms with van der Waals surface area (Å²) in [7, 11) is 0. The Morgan fingerprint density at radius 3 is 1.40 bits per heavy atom. The van der Waals surface area contributed by atoms with E-state index in [2.05, 4.69) is 21.1 Å². The summed E-state index contributed by atoms with van der Waals surface area (Å²) in [5, 5.41) is 25.9. The van der Waals surface area contributed by atoms with Gasteiger partial charge >= 0.3 is 11.9 Å². The van der Waals surface area contributed by atoms with Gasteiger partial charge in [0.2, 0.25) is 11.8 Å². The first-order valence-corrected chi connectivity index (χ1v) is 11.2. The molecule has 0 atom stereocenters. The predicted molar refractivity (Wildman–Crippen MR) is 131 cm³/mol. The number of carboxylic acid groups (broad SMARTS) is 2. The molecule has 0 spiro atoms. The Balaban J connectivity index is 1.55. The summed E-state index contributed by atoms with van der Waals surface area (Å²) >= 11 is 0. The second-order valence-electron chi connectivity index (χ2n) is 7.64. The molecule has 184 valence electrons. The van der Waals surface area contributed by atoms with Crippen LogP contribution in [-0.4, -0.2) is 46.4 Å². The number of carbonyl (C=O) groups excluding carboxylic acids is 2. The molecule has 2 rings (SSSR count). The van der Waals surface area contributed by atoms with Gasteiger partial charge in [0.1, 0.15) is 0 Å². The number of carbonyl (C=O) groups is 4. The van der Waals surface area contributed by atoms with E-state index in [1.54, 1.807) is 36.4 Å². The van der Waals surface area contributed by atoms with Crippen molar-refractivity contribution in [2.24, 2.45) is 10.2 Å². The first-order valence-electron chi connectivity index (χ1n) is 11.2. The quantitative estimate of drug-likeness (QED) is 0.184. The summed E-state index contributed by atoms with van der Waals surface area (Å²) in [6.45, 7) is 0. The maximum absolute atomic E-state index is 11.9. The third-order valence-corrected chi connectivity index (χ3v) is 4.98. The molecular weight excluding hydrogens is 452 g/mol. The molecule has 35 heavy (non-hydrogen) atoms. The molecule has 0 heterocycles.